The molecule has 0 unspecified atom stereocenters. The van der Waals surface area contributed by atoms with Crippen LogP contribution in [0.25, 0.3) is 0 Å². The third-order valence-electron chi connectivity index (χ3n) is 2.88. The highest BCUT2D eigenvalue weighted by molar-refractivity contribution is 5.78. The number of carbonyl (C=O) groups is 1. The number of amides is 1. The zero-order valence-electron chi connectivity index (χ0n) is 12.0. The van der Waals surface area contributed by atoms with Gasteiger partial charge in [0.1, 0.15) is 5.76 Å². The van der Waals surface area contributed by atoms with Gasteiger partial charge in [0.25, 0.3) is 0 Å². The number of pyridine rings is 1. The van der Waals surface area contributed by atoms with Gasteiger partial charge in [0.2, 0.25) is 5.91 Å². The Morgan fingerprint density at radius 1 is 1.35 bits per heavy atom. The van der Waals surface area contributed by atoms with E-state index in [9.17, 15) is 4.79 Å². The van der Waals surface area contributed by atoms with E-state index < -0.39 is 0 Å². The predicted octanol–water partition coefficient (Wildman–Crippen LogP) is 1.98. The Labute approximate surface area is 118 Å². The Morgan fingerprint density at radius 2 is 2.15 bits per heavy atom. The molecule has 0 aliphatic carbocycles. The fourth-order valence-corrected chi connectivity index (χ4v) is 2.06. The quantitative estimate of drug-likeness (QED) is 0.904. The SMILES string of the molecule is Cc1cc(CC(=O)N[C@H](C)Cc2cccc(C)n2)on1. The van der Waals surface area contributed by atoms with Crippen molar-refractivity contribution in [2.24, 2.45) is 0 Å². The first-order valence-corrected chi connectivity index (χ1v) is 6.67. The fourth-order valence-electron chi connectivity index (χ4n) is 2.06. The summed E-state index contributed by atoms with van der Waals surface area (Å²) in [6.07, 6.45) is 0.926. The summed E-state index contributed by atoms with van der Waals surface area (Å²) in [5, 5.41) is 6.70. The minimum atomic E-state index is -0.0682. The standard InChI is InChI=1S/C15H19N3O2/c1-10-5-4-6-13(16-10)7-11(2)17-15(19)9-14-8-12(3)18-20-14/h4-6,8,11H,7,9H2,1-3H3,(H,17,19)/t11-/m1/s1. The molecule has 106 valence electrons. The molecule has 0 aliphatic rings. The van der Waals surface area contributed by atoms with Crippen molar-refractivity contribution >= 4 is 5.91 Å². The fraction of sp³-hybridized carbons (Fsp3) is 0.400. The number of nitrogens with one attached hydrogen (secondary N) is 1. The van der Waals surface area contributed by atoms with Gasteiger partial charge in [-0.15, -0.1) is 0 Å². The van der Waals surface area contributed by atoms with E-state index >= 15 is 0 Å². The number of nitrogens with zero attached hydrogens (tertiary/aromatic N) is 2. The van der Waals surface area contributed by atoms with Gasteiger partial charge in [-0.1, -0.05) is 11.2 Å². The molecule has 1 amide bonds. The molecule has 0 aliphatic heterocycles. The van der Waals surface area contributed by atoms with Crippen LogP contribution in [0.2, 0.25) is 0 Å². The van der Waals surface area contributed by atoms with Crippen molar-refractivity contribution in [2.45, 2.75) is 39.7 Å². The highest BCUT2D eigenvalue weighted by Gasteiger charge is 2.12. The summed E-state index contributed by atoms with van der Waals surface area (Å²) in [6, 6.07) is 7.70. The van der Waals surface area contributed by atoms with Crippen LogP contribution in [0.5, 0.6) is 0 Å². The van der Waals surface area contributed by atoms with Crippen molar-refractivity contribution in [1.82, 2.24) is 15.5 Å². The maximum absolute atomic E-state index is 11.9. The highest BCUT2D eigenvalue weighted by Crippen LogP contribution is 2.05. The van der Waals surface area contributed by atoms with Crippen molar-refractivity contribution in [2.75, 3.05) is 0 Å². The molecular formula is C15H19N3O2. The van der Waals surface area contributed by atoms with Crippen molar-refractivity contribution in [3.05, 3.63) is 47.1 Å². The summed E-state index contributed by atoms with van der Waals surface area (Å²) in [5.74, 6) is 0.516. The second-order valence-electron chi connectivity index (χ2n) is 5.05. The maximum atomic E-state index is 11.9. The summed E-state index contributed by atoms with van der Waals surface area (Å²) < 4.78 is 5.03. The molecule has 0 spiro atoms. The average Bonchev–Trinajstić information content (AvgIpc) is 2.74. The van der Waals surface area contributed by atoms with Gasteiger partial charge < -0.3 is 9.84 Å². The lowest BCUT2D eigenvalue weighted by Gasteiger charge is -2.13. The second-order valence-corrected chi connectivity index (χ2v) is 5.05. The van der Waals surface area contributed by atoms with E-state index in [1.165, 1.54) is 0 Å². The third kappa shape index (κ3) is 4.19. The lowest BCUT2D eigenvalue weighted by atomic mass is 10.1. The third-order valence-corrected chi connectivity index (χ3v) is 2.88. The van der Waals surface area contributed by atoms with Gasteiger partial charge in [-0.05, 0) is 32.9 Å². The smallest absolute Gasteiger partial charge is 0.227 e. The highest BCUT2D eigenvalue weighted by atomic mass is 16.5. The van der Waals surface area contributed by atoms with E-state index in [0.29, 0.717) is 12.2 Å². The second kappa shape index (κ2) is 6.32. The molecule has 20 heavy (non-hydrogen) atoms. The van der Waals surface area contributed by atoms with E-state index in [2.05, 4.69) is 15.5 Å². The Bertz CT molecular complexity index is 592. The molecular weight excluding hydrogens is 254 g/mol. The molecule has 5 heteroatoms. The lowest BCUT2D eigenvalue weighted by Crippen LogP contribution is -2.35. The number of rotatable bonds is 5. The van der Waals surface area contributed by atoms with E-state index in [-0.39, 0.29) is 18.4 Å². The predicted molar refractivity (Wildman–Crippen MR) is 75.2 cm³/mol. The molecule has 1 atom stereocenters. The van der Waals surface area contributed by atoms with Gasteiger partial charge in [0.15, 0.2) is 0 Å². The molecule has 5 nitrogen and oxygen atoms in total. The number of hydrogen-bond donors (Lipinski definition) is 1. The van der Waals surface area contributed by atoms with Crippen LogP contribution in [0.4, 0.5) is 0 Å². The van der Waals surface area contributed by atoms with Crippen molar-refractivity contribution < 1.29 is 9.32 Å². The minimum Gasteiger partial charge on any atom is -0.361 e. The monoisotopic (exact) mass is 273 g/mol. The van der Waals surface area contributed by atoms with Crippen molar-refractivity contribution in [3.8, 4) is 0 Å². The number of aryl methyl sites for hydroxylation is 2. The lowest BCUT2D eigenvalue weighted by molar-refractivity contribution is -0.121. The molecule has 2 rings (SSSR count). The maximum Gasteiger partial charge on any atom is 0.227 e. The van der Waals surface area contributed by atoms with Gasteiger partial charge in [-0.25, -0.2) is 0 Å². The van der Waals surface area contributed by atoms with E-state index in [4.69, 9.17) is 4.52 Å². The number of carbonyl (C=O) groups excluding carboxylic acids is 1. The molecule has 0 saturated heterocycles. The summed E-state index contributed by atoms with van der Waals surface area (Å²) in [5.41, 5.74) is 2.75. The topological polar surface area (TPSA) is 68.0 Å². The Kier molecular flexibility index (Phi) is 4.50. The van der Waals surface area contributed by atoms with Crippen LogP contribution in [0, 0.1) is 13.8 Å². The zero-order chi connectivity index (χ0) is 14.5. The van der Waals surface area contributed by atoms with Crippen LogP contribution in [0.1, 0.15) is 29.8 Å². The number of aromatic nitrogens is 2. The molecule has 2 aromatic heterocycles. The summed E-state index contributed by atoms with van der Waals surface area (Å²) in [6.45, 7) is 5.75. The Morgan fingerprint density at radius 3 is 2.80 bits per heavy atom. The molecule has 0 radical (unpaired) electrons. The van der Waals surface area contributed by atoms with Crippen molar-refractivity contribution in [3.63, 3.8) is 0 Å². The zero-order valence-corrected chi connectivity index (χ0v) is 12.0. The molecule has 1 N–H and O–H groups in total. The molecule has 0 saturated carbocycles. The molecule has 2 heterocycles. The van der Waals surface area contributed by atoms with E-state index in [1.54, 1.807) is 6.07 Å². The van der Waals surface area contributed by atoms with Crippen LogP contribution in [-0.2, 0) is 17.6 Å². The summed E-state index contributed by atoms with van der Waals surface area (Å²) in [7, 11) is 0. The van der Waals surface area contributed by atoms with E-state index in [0.717, 1.165) is 17.1 Å². The van der Waals surface area contributed by atoms with Crippen LogP contribution < -0.4 is 5.32 Å². The van der Waals surface area contributed by atoms with Crippen LogP contribution in [0.3, 0.4) is 0 Å². The molecule has 2 aromatic rings. The number of hydrogen-bond acceptors (Lipinski definition) is 4. The van der Waals surface area contributed by atoms with Crippen molar-refractivity contribution in [1.29, 1.82) is 0 Å². The first kappa shape index (κ1) is 14.2. The first-order chi connectivity index (χ1) is 9.52. The van der Waals surface area contributed by atoms with Crippen LogP contribution in [-0.4, -0.2) is 22.1 Å². The van der Waals surface area contributed by atoms with Gasteiger partial charge >= 0.3 is 0 Å². The van der Waals surface area contributed by atoms with Gasteiger partial charge in [0, 0.05) is 29.9 Å². The van der Waals surface area contributed by atoms with E-state index in [1.807, 2.05) is 39.0 Å². The Hall–Kier alpha value is -2.17. The van der Waals surface area contributed by atoms with Gasteiger partial charge in [0.05, 0.1) is 12.1 Å². The normalized spacial score (nSPS) is 12.2. The minimum absolute atomic E-state index is 0.0285. The molecule has 0 aromatic carbocycles. The van der Waals surface area contributed by atoms with Gasteiger partial charge in [-0.3, -0.25) is 9.78 Å². The van der Waals surface area contributed by atoms with Gasteiger partial charge in [-0.2, -0.15) is 0 Å². The summed E-state index contributed by atoms with van der Waals surface area (Å²) in [4.78, 5) is 16.3. The molecule has 0 fully saturated rings. The first-order valence-electron chi connectivity index (χ1n) is 6.67. The molecule has 0 bridgehead atoms. The average molecular weight is 273 g/mol. The largest absolute Gasteiger partial charge is 0.361 e. The van der Waals surface area contributed by atoms with Crippen LogP contribution in [0.15, 0.2) is 28.8 Å². The summed E-state index contributed by atoms with van der Waals surface area (Å²) >= 11 is 0. The van der Waals surface area contributed by atoms with Crippen LogP contribution >= 0.6 is 0 Å². The Balaban J connectivity index is 1.84.